The van der Waals surface area contributed by atoms with Crippen LogP contribution in [0.4, 0.5) is 0 Å². The molecule has 2 N–H and O–H groups in total. The zero-order chi connectivity index (χ0) is 10.6. The normalized spacial score (nSPS) is 12.9. The fourth-order valence-corrected chi connectivity index (χ4v) is 1.25. The van der Waals surface area contributed by atoms with Crippen LogP contribution in [0.3, 0.4) is 0 Å². The van der Waals surface area contributed by atoms with Crippen molar-refractivity contribution in [3.63, 3.8) is 0 Å². The molecule has 0 aliphatic rings. The Labute approximate surface area is 84.1 Å². The number of nitrogens with zero attached hydrogens (tertiary/aromatic N) is 1. The van der Waals surface area contributed by atoms with E-state index >= 15 is 0 Å². The molecule has 1 amide bonds. The zero-order valence-electron chi connectivity index (χ0n) is 8.87. The quantitative estimate of drug-likeness (QED) is 0.767. The van der Waals surface area contributed by atoms with E-state index < -0.39 is 0 Å². The third-order valence-corrected chi connectivity index (χ3v) is 1.99. The SMILES string of the molecule is CC(C)CC(=O)NC(C)c1cn[nH]c1. The molecule has 0 saturated carbocycles. The maximum Gasteiger partial charge on any atom is 0.220 e. The van der Waals surface area contributed by atoms with Gasteiger partial charge in [-0.05, 0) is 12.8 Å². The van der Waals surface area contributed by atoms with E-state index in [1.807, 2.05) is 20.8 Å². The molecule has 4 nitrogen and oxygen atoms in total. The molecule has 14 heavy (non-hydrogen) atoms. The molecular weight excluding hydrogens is 178 g/mol. The number of hydrogen-bond donors (Lipinski definition) is 2. The summed E-state index contributed by atoms with van der Waals surface area (Å²) in [5.74, 6) is 0.486. The highest BCUT2D eigenvalue weighted by atomic mass is 16.1. The van der Waals surface area contributed by atoms with E-state index in [4.69, 9.17) is 0 Å². The Morgan fingerprint density at radius 3 is 2.79 bits per heavy atom. The van der Waals surface area contributed by atoms with Crippen molar-refractivity contribution in [2.24, 2.45) is 5.92 Å². The van der Waals surface area contributed by atoms with Gasteiger partial charge in [0.2, 0.25) is 5.91 Å². The van der Waals surface area contributed by atoms with E-state index in [-0.39, 0.29) is 11.9 Å². The van der Waals surface area contributed by atoms with Crippen molar-refractivity contribution in [1.82, 2.24) is 15.5 Å². The third-order valence-electron chi connectivity index (χ3n) is 1.99. The minimum absolute atomic E-state index is 0.0278. The lowest BCUT2D eigenvalue weighted by molar-refractivity contribution is -0.122. The third kappa shape index (κ3) is 3.20. The van der Waals surface area contributed by atoms with Gasteiger partial charge in [0, 0.05) is 18.2 Å². The number of rotatable bonds is 4. The molecule has 1 heterocycles. The summed E-state index contributed by atoms with van der Waals surface area (Å²) in [6, 6.07) is 0.0278. The van der Waals surface area contributed by atoms with E-state index in [0.717, 1.165) is 5.56 Å². The molecule has 0 saturated heterocycles. The number of aromatic nitrogens is 2. The van der Waals surface area contributed by atoms with Gasteiger partial charge in [0.1, 0.15) is 0 Å². The van der Waals surface area contributed by atoms with Gasteiger partial charge in [-0.15, -0.1) is 0 Å². The van der Waals surface area contributed by atoms with Gasteiger partial charge in [0.15, 0.2) is 0 Å². The molecule has 1 aromatic heterocycles. The molecular formula is C10H17N3O. The standard InChI is InChI=1S/C10H17N3O/c1-7(2)4-10(14)13-8(3)9-5-11-12-6-9/h5-8H,4H2,1-3H3,(H,11,12)(H,13,14). The molecule has 0 aromatic carbocycles. The van der Waals surface area contributed by atoms with Crippen LogP contribution in [-0.2, 0) is 4.79 Å². The lowest BCUT2D eigenvalue weighted by Crippen LogP contribution is -2.27. The number of H-pyrrole nitrogens is 1. The summed E-state index contributed by atoms with van der Waals surface area (Å²) < 4.78 is 0. The van der Waals surface area contributed by atoms with Crippen LogP contribution in [0.15, 0.2) is 12.4 Å². The highest BCUT2D eigenvalue weighted by Crippen LogP contribution is 2.10. The number of hydrogen-bond acceptors (Lipinski definition) is 2. The zero-order valence-corrected chi connectivity index (χ0v) is 8.87. The Balaban J connectivity index is 2.41. The van der Waals surface area contributed by atoms with Crippen LogP contribution in [0.2, 0.25) is 0 Å². The van der Waals surface area contributed by atoms with Gasteiger partial charge in [0.25, 0.3) is 0 Å². The van der Waals surface area contributed by atoms with Gasteiger partial charge < -0.3 is 5.32 Å². The molecule has 1 unspecified atom stereocenters. The fraction of sp³-hybridized carbons (Fsp3) is 0.600. The summed E-state index contributed by atoms with van der Waals surface area (Å²) in [5, 5.41) is 9.47. The van der Waals surface area contributed by atoms with Gasteiger partial charge in [0.05, 0.1) is 12.2 Å². The Hall–Kier alpha value is -1.32. The lowest BCUT2D eigenvalue weighted by atomic mass is 10.1. The lowest BCUT2D eigenvalue weighted by Gasteiger charge is -2.12. The average Bonchev–Trinajstić information content (AvgIpc) is 2.53. The highest BCUT2D eigenvalue weighted by Gasteiger charge is 2.10. The predicted octanol–water partition coefficient (Wildman–Crippen LogP) is 1.63. The predicted molar refractivity (Wildman–Crippen MR) is 54.6 cm³/mol. The molecule has 1 aromatic rings. The van der Waals surface area contributed by atoms with Crippen LogP contribution >= 0.6 is 0 Å². The molecule has 1 rings (SSSR count). The number of carbonyl (C=O) groups is 1. The monoisotopic (exact) mass is 195 g/mol. The van der Waals surface area contributed by atoms with Gasteiger partial charge in [-0.25, -0.2) is 0 Å². The Morgan fingerprint density at radius 2 is 2.29 bits per heavy atom. The van der Waals surface area contributed by atoms with Gasteiger partial charge in [-0.2, -0.15) is 5.10 Å². The smallest absolute Gasteiger partial charge is 0.220 e. The van der Waals surface area contributed by atoms with Crippen molar-refractivity contribution < 1.29 is 4.79 Å². The summed E-state index contributed by atoms with van der Waals surface area (Å²) >= 11 is 0. The second-order valence-corrected chi connectivity index (χ2v) is 3.92. The van der Waals surface area contributed by atoms with E-state index in [0.29, 0.717) is 12.3 Å². The van der Waals surface area contributed by atoms with E-state index in [1.165, 1.54) is 0 Å². The Kier molecular flexibility index (Phi) is 3.68. The number of nitrogens with one attached hydrogen (secondary N) is 2. The minimum atomic E-state index is 0.0278. The first-order valence-electron chi connectivity index (χ1n) is 4.87. The minimum Gasteiger partial charge on any atom is -0.349 e. The molecule has 0 aliphatic carbocycles. The van der Waals surface area contributed by atoms with E-state index in [9.17, 15) is 4.79 Å². The van der Waals surface area contributed by atoms with Gasteiger partial charge in [-0.3, -0.25) is 9.89 Å². The van der Waals surface area contributed by atoms with Crippen LogP contribution in [-0.4, -0.2) is 16.1 Å². The van der Waals surface area contributed by atoms with E-state index in [2.05, 4.69) is 15.5 Å². The average molecular weight is 195 g/mol. The van der Waals surface area contributed by atoms with Crippen molar-refractivity contribution in [2.45, 2.75) is 33.2 Å². The molecule has 4 heteroatoms. The molecule has 0 bridgehead atoms. The fourth-order valence-electron chi connectivity index (χ4n) is 1.25. The van der Waals surface area contributed by atoms with Gasteiger partial charge >= 0.3 is 0 Å². The molecule has 0 radical (unpaired) electrons. The topological polar surface area (TPSA) is 57.8 Å². The van der Waals surface area contributed by atoms with Crippen LogP contribution in [0.5, 0.6) is 0 Å². The van der Waals surface area contributed by atoms with Crippen LogP contribution < -0.4 is 5.32 Å². The first-order valence-corrected chi connectivity index (χ1v) is 4.87. The van der Waals surface area contributed by atoms with E-state index in [1.54, 1.807) is 12.4 Å². The Morgan fingerprint density at radius 1 is 1.57 bits per heavy atom. The number of aromatic amines is 1. The first kappa shape index (κ1) is 10.8. The summed E-state index contributed by atoms with van der Waals surface area (Å²) in [7, 11) is 0. The molecule has 0 spiro atoms. The van der Waals surface area contributed by atoms with Crippen molar-refractivity contribution >= 4 is 5.91 Å². The van der Waals surface area contributed by atoms with Crippen LogP contribution in [0.1, 0.15) is 38.8 Å². The molecule has 78 valence electrons. The molecule has 1 atom stereocenters. The Bertz CT molecular complexity index is 280. The summed E-state index contributed by atoms with van der Waals surface area (Å²) in [6.07, 6.45) is 4.09. The molecule has 0 aliphatic heterocycles. The second kappa shape index (κ2) is 4.79. The van der Waals surface area contributed by atoms with Crippen LogP contribution in [0.25, 0.3) is 0 Å². The number of amides is 1. The largest absolute Gasteiger partial charge is 0.349 e. The van der Waals surface area contributed by atoms with Crippen molar-refractivity contribution in [2.75, 3.05) is 0 Å². The van der Waals surface area contributed by atoms with Gasteiger partial charge in [-0.1, -0.05) is 13.8 Å². The maximum atomic E-state index is 11.4. The first-order chi connectivity index (χ1) is 6.59. The number of carbonyl (C=O) groups excluding carboxylic acids is 1. The van der Waals surface area contributed by atoms with Crippen LogP contribution in [0, 0.1) is 5.92 Å². The second-order valence-electron chi connectivity index (χ2n) is 3.92. The summed E-state index contributed by atoms with van der Waals surface area (Å²) in [5.41, 5.74) is 1.00. The van der Waals surface area contributed by atoms with Crippen molar-refractivity contribution in [3.05, 3.63) is 18.0 Å². The highest BCUT2D eigenvalue weighted by molar-refractivity contribution is 5.76. The summed E-state index contributed by atoms with van der Waals surface area (Å²) in [6.45, 7) is 6.01. The maximum absolute atomic E-state index is 11.4. The summed E-state index contributed by atoms with van der Waals surface area (Å²) in [4.78, 5) is 11.4. The molecule has 0 fully saturated rings. The van der Waals surface area contributed by atoms with Crippen molar-refractivity contribution in [1.29, 1.82) is 0 Å². The van der Waals surface area contributed by atoms with Crippen molar-refractivity contribution in [3.8, 4) is 0 Å².